The standard InChI is InChI=1S/B4O7.3Li.H/c5-1-9-3(7)11-4(8)10-2-6;;;;/q-2;3*+1;-1. The van der Waals surface area contributed by atoms with E-state index >= 15 is 0 Å². The minimum Gasteiger partial charge on any atom is -1.00 e. The molecule has 0 aliphatic heterocycles. The van der Waals surface area contributed by atoms with Gasteiger partial charge in [-0.15, -0.1) is 0 Å². The first kappa shape index (κ1) is 24.4. The molecule has 58 valence electrons. The fourth-order valence-electron chi connectivity index (χ4n) is 0.246. The van der Waals surface area contributed by atoms with E-state index in [4.69, 9.17) is 0 Å². The summed E-state index contributed by atoms with van der Waals surface area (Å²) < 4.78 is 29.8. The maximum absolute atomic E-state index is 10.1. The van der Waals surface area contributed by atoms with Gasteiger partial charge in [0.15, 0.2) is 0 Å². The van der Waals surface area contributed by atoms with Crippen LogP contribution in [-0.2, 0) is 23.1 Å². The van der Waals surface area contributed by atoms with Crippen LogP contribution in [-0.4, -0.2) is 29.3 Å². The second kappa shape index (κ2) is 16.6. The Balaban J connectivity index is -0.0000000833. The molecule has 0 saturated heterocycles. The molecular formula is HB4Li3O7. The minimum atomic E-state index is -2.27. The van der Waals surface area contributed by atoms with Crippen molar-refractivity contribution in [3.63, 3.8) is 0 Å². The molecular weight excluding hydrogens is 176 g/mol. The fraction of sp³-hybridized carbons (Fsp3) is 0. The predicted octanol–water partition coefficient (Wildman–Crippen LogP) is -13.2. The van der Waals surface area contributed by atoms with Gasteiger partial charge in [0.05, 0.1) is 0 Å². The summed E-state index contributed by atoms with van der Waals surface area (Å²) in [6, 6.07) is 0. The van der Waals surface area contributed by atoms with Gasteiger partial charge >= 0.3 is 119 Å². The summed E-state index contributed by atoms with van der Waals surface area (Å²) in [5.74, 6) is 0. The van der Waals surface area contributed by atoms with Gasteiger partial charge in [0, 0.05) is 0 Å². The normalized spacial score (nSPS) is 5.86. The second-order valence-electron chi connectivity index (χ2n) is 1.18. The molecule has 0 aromatic heterocycles. The van der Waals surface area contributed by atoms with Crippen LogP contribution in [0.5, 0.6) is 0 Å². The quantitative estimate of drug-likeness (QED) is 0.370. The molecule has 0 unspecified atom stereocenters. The number of rotatable bonds is 6. The average molecular weight is 177 g/mol. The average Bonchev–Trinajstić information content (AvgIpc) is 1.87. The molecule has 0 radical (unpaired) electrons. The second-order valence-corrected chi connectivity index (χ2v) is 1.18. The van der Waals surface area contributed by atoms with Gasteiger partial charge in [-0.25, -0.2) is 0 Å². The van der Waals surface area contributed by atoms with Gasteiger partial charge in [0.25, 0.3) is 0 Å². The van der Waals surface area contributed by atoms with Crippen LogP contribution < -0.4 is 66.6 Å². The van der Waals surface area contributed by atoms with E-state index in [1.165, 1.54) is 0 Å². The molecule has 14 heteroatoms. The summed E-state index contributed by atoms with van der Waals surface area (Å²) in [5, 5.41) is 20.3. The Morgan fingerprint density at radius 2 is 1.21 bits per heavy atom. The third-order valence-electron chi connectivity index (χ3n) is 0.556. The Morgan fingerprint density at radius 3 is 1.43 bits per heavy atom. The van der Waals surface area contributed by atoms with Gasteiger partial charge in [-0.05, 0) is 0 Å². The minimum absolute atomic E-state index is 0. The Hall–Kier alpha value is 1.13. The van der Waals surface area contributed by atoms with E-state index in [1.807, 2.05) is 0 Å². The molecule has 0 amide bonds. The molecule has 0 saturated carbocycles. The molecule has 0 aromatic rings. The third kappa shape index (κ3) is 15.6. The molecule has 0 bridgehead atoms. The summed E-state index contributed by atoms with van der Waals surface area (Å²) in [4.78, 5) is 0. The van der Waals surface area contributed by atoms with Crippen LogP contribution in [0.3, 0.4) is 0 Å². The molecule has 7 nitrogen and oxygen atoms in total. The summed E-state index contributed by atoms with van der Waals surface area (Å²) in [6.07, 6.45) is 0. The van der Waals surface area contributed by atoms with Crippen molar-refractivity contribution in [3.05, 3.63) is 0 Å². The zero-order valence-corrected chi connectivity index (χ0v) is 8.17. The van der Waals surface area contributed by atoms with Crippen molar-refractivity contribution in [2.75, 3.05) is 0 Å². The molecule has 0 aromatic carbocycles. The van der Waals surface area contributed by atoms with Crippen molar-refractivity contribution >= 4 is 29.3 Å². The molecule has 0 fully saturated rings. The number of hydrogen-bond acceptors (Lipinski definition) is 7. The van der Waals surface area contributed by atoms with E-state index in [9.17, 15) is 19.5 Å². The van der Waals surface area contributed by atoms with E-state index in [-0.39, 0.29) is 72.7 Å². The zero-order chi connectivity index (χ0) is 8.69. The van der Waals surface area contributed by atoms with Crippen LogP contribution in [0, 0.1) is 0 Å². The maximum Gasteiger partial charge on any atom is 1.00 e. The van der Waals surface area contributed by atoms with Crippen molar-refractivity contribution in [1.29, 1.82) is 0 Å². The summed E-state index contributed by atoms with van der Waals surface area (Å²) in [6.45, 7) is 0. The molecule has 0 aliphatic carbocycles. The predicted molar refractivity (Wildman–Crippen MR) is 28.8 cm³/mol. The molecule has 0 rings (SSSR count). The maximum atomic E-state index is 10.1. The third-order valence-corrected chi connectivity index (χ3v) is 0.556. The Bertz CT molecular complexity index is 125. The topological polar surface area (TPSA) is 108 Å². The Morgan fingerprint density at radius 1 is 0.929 bits per heavy atom. The van der Waals surface area contributed by atoms with Crippen molar-refractivity contribution < 1.29 is 91.2 Å². The first-order valence-electron chi connectivity index (χ1n) is 2.36. The van der Waals surface area contributed by atoms with Gasteiger partial charge in [0.1, 0.15) is 0 Å². The van der Waals surface area contributed by atoms with Crippen LogP contribution in [0.1, 0.15) is 1.43 Å². The zero-order valence-electron chi connectivity index (χ0n) is 9.17. The van der Waals surface area contributed by atoms with E-state index in [0.717, 1.165) is 0 Å². The largest absolute Gasteiger partial charge is 1.00 e. The number of hydrogen-bond donors (Lipinski definition) is 0. The van der Waals surface area contributed by atoms with Crippen LogP contribution in [0.15, 0.2) is 0 Å². The molecule has 0 aliphatic rings. The summed E-state index contributed by atoms with van der Waals surface area (Å²) >= 11 is 0. The van der Waals surface area contributed by atoms with Gasteiger partial charge in [-0.2, -0.15) is 0 Å². The van der Waals surface area contributed by atoms with Crippen molar-refractivity contribution in [3.8, 4) is 0 Å². The first-order valence-corrected chi connectivity index (χ1v) is 2.36. The van der Waals surface area contributed by atoms with Crippen molar-refractivity contribution in [2.45, 2.75) is 0 Å². The van der Waals surface area contributed by atoms with Gasteiger partial charge in [-0.1, -0.05) is 0 Å². The van der Waals surface area contributed by atoms with E-state index < -0.39 is 14.6 Å². The van der Waals surface area contributed by atoms with Gasteiger partial charge in [0.2, 0.25) is 0 Å². The summed E-state index contributed by atoms with van der Waals surface area (Å²) in [5.41, 5.74) is 0. The van der Waals surface area contributed by atoms with Crippen LogP contribution in [0.4, 0.5) is 0 Å². The van der Waals surface area contributed by atoms with Gasteiger partial charge < -0.3 is 1.43 Å². The molecule has 14 heavy (non-hydrogen) atoms. The molecule has 0 N–H and O–H groups in total. The monoisotopic (exact) mass is 178 g/mol. The SMILES string of the molecule is O=BOB([O-])OB([O-])OB=O.[H-].[Li+].[Li+].[Li+]. The van der Waals surface area contributed by atoms with Crippen LogP contribution >= 0.6 is 0 Å². The Labute approximate surface area is 120 Å². The molecule has 0 heterocycles. The van der Waals surface area contributed by atoms with Crippen molar-refractivity contribution in [2.24, 2.45) is 0 Å². The molecule has 0 atom stereocenters. The summed E-state index contributed by atoms with van der Waals surface area (Å²) in [7, 11) is -4.92. The fourth-order valence-corrected chi connectivity index (χ4v) is 0.246. The Kier molecular flexibility index (Phi) is 28.8. The van der Waals surface area contributed by atoms with Crippen LogP contribution in [0.25, 0.3) is 0 Å². The van der Waals surface area contributed by atoms with Gasteiger partial charge in [-0.3, -0.25) is 0 Å². The first-order chi connectivity index (χ1) is 5.20. The molecule has 0 spiro atoms. The van der Waals surface area contributed by atoms with E-state index in [0.29, 0.717) is 0 Å². The van der Waals surface area contributed by atoms with Crippen LogP contribution in [0.2, 0.25) is 0 Å². The smallest absolute Gasteiger partial charge is 1.00 e. The van der Waals surface area contributed by atoms with E-state index in [2.05, 4.69) is 13.7 Å². The van der Waals surface area contributed by atoms with Crippen molar-refractivity contribution in [1.82, 2.24) is 0 Å². The van der Waals surface area contributed by atoms with E-state index in [1.54, 1.807) is 0 Å².